The highest BCUT2D eigenvalue weighted by Crippen LogP contribution is 2.30. The van der Waals surface area contributed by atoms with Crippen molar-refractivity contribution in [2.75, 3.05) is 0 Å². The molecule has 136 valence electrons. The fourth-order valence-electron chi connectivity index (χ4n) is 2.90. The van der Waals surface area contributed by atoms with Crippen LogP contribution >= 0.6 is 0 Å². The van der Waals surface area contributed by atoms with Crippen molar-refractivity contribution >= 4 is 10.8 Å². The van der Waals surface area contributed by atoms with E-state index in [1.807, 2.05) is 35.2 Å². The van der Waals surface area contributed by atoms with E-state index in [2.05, 4.69) is 22.1 Å². The molecule has 0 saturated heterocycles. The molecule has 1 unspecified atom stereocenters. The minimum atomic E-state index is -1.50. The van der Waals surface area contributed by atoms with E-state index in [1.54, 1.807) is 24.7 Å². The molecule has 2 heterocycles. The zero-order chi connectivity index (χ0) is 19.2. The summed E-state index contributed by atoms with van der Waals surface area (Å²) in [4.78, 5) is 17.1. The molecule has 4 aromatic rings. The average molecular weight is 366 g/mol. The second-order valence-corrected chi connectivity index (χ2v) is 5.62. The molecule has 1 atom stereocenters. The standard InChI is InChI=1S/C19H14FN3.HNO3/c20-16-7-5-15(6-8-16)19(23-12-11-21-13-23)18-17-4-2-1-3-14(17)9-10-22-18;2-1(3)4/h1-13,19H;(H,2,3,4). The van der Waals surface area contributed by atoms with Crippen LogP contribution in [0.5, 0.6) is 0 Å². The van der Waals surface area contributed by atoms with Gasteiger partial charge in [-0.3, -0.25) is 4.98 Å². The third-order valence-electron chi connectivity index (χ3n) is 3.97. The van der Waals surface area contributed by atoms with E-state index in [0.717, 1.165) is 22.0 Å². The van der Waals surface area contributed by atoms with Crippen LogP contribution in [0.3, 0.4) is 0 Å². The van der Waals surface area contributed by atoms with E-state index in [4.69, 9.17) is 15.3 Å². The van der Waals surface area contributed by atoms with Crippen LogP contribution in [0.15, 0.2) is 79.5 Å². The highest BCUT2D eigenvalue weighted by Gasteiger charge is 2.19. The number of benzene rings is 2. The van der Waals surface area contributed by atoms with Gasteiger partial charge >= 0.3 is 0 Å². The molecule has 0 aliphatic rings. The first kappa shape index (κ1) is 18.0. The molecule has 0 radical (unpaired) electrons. The Balaban J connectivity index is 0.000000481. The van der Waals surface area contributed by atoms with E-state index >= 15 is 0 Å². The molecular formula is C19H15FN4O3. The molecule has 7 nitrogen and oxygen atoms in total. The highest BCUT2D eigenvalue weighted by atomic mass is 19.1. The Morgan fingerprint density at radius 1 is 1.07 bits per heavy atom. The van der Waals surface area contributed by atoms with Crippen molar-refractivity contribution in [1.29, 1.82) is 0 Å². The topological polar surface area (TPSA) is 94.1 Å². The van der Waals surface area contributed by atoms with Gasteiger partial charge in [-0.1, -0.05) is 36.4 Å². The van der Waals surface area contributed by atoms with Crippen LogP contribution in [0.4, 0.5) is 4.39 Å². The number of halogens is 1. The highest BCUT2D eigenvalue weighted by molar-refractivity contribution is 5.85. The Labute approximate surface area is 153 Å². The summed E-state index contributed by atoms with van der Waals surface area (Å²) in [6, 6.07) is 16.5. The third kappa shape index (κ3) is 4.24. The van der Waals surface area contributed by atoms with Crippen LogP contribution in [0.2, 0.25) is 0 Å². The van der Waals surface area contributed by atoms with Crippen molar-refractivity contribution in [3.63, 3.8) is 0 Å². The van der Waals surface area contributed by atoms with Crippen LogP contribution in [0.25, 0.3) is 10.8 Å². The first-order valence-electron chi connectivity index (χ1n) is 7.96. The monoisotopic (exact) mass is 366 g/mol. The lowest BCUT2D eigenvalue weighted by atomic mass is 9.98. The Hall–Kier alpha value is -3.81. The van der Waals surface area contributed by atoms with Gasteiger partial charge < -0.3 is 9.77 Å². The van der Waals surface area contributed by atoms with Gasteiger partial charge in [0.05, 0.1) is 12.0 Å². The molecule has 1 N–H and O–H groups in total. The van der Waals surface area contributed by atoms with Crippen molar-refractivity contribution in [2.45, 2.75) is 6.04 Å². The second kappa shape index (κ2) is 8.05. The largest absolute Gasteiger partial charge is 0.328 e. The Morgan fingerprint density at radius 3 is 2.44 bits per heavy atom. The fourth-order valence-corrected chi connectivity index (χ4v) is 2.90. The molecule has 0 fully saturated rings. The SMILES string of the molecule is Fc1ccc(C(c2nccc3ccccc23)n2ccnc2)cc1.O=[N+]([O-])O. The summed E-state index contributed by atoms with van der Waals surface area (Å²) in [5.74, 6) is -0.246. The lowest BCUT2D eigenvalue weighted by Crippen LogP contribution is -2.12. The number of imidazole rings is 1. The summed E-state index contributed by atoms with van der Waals surface area (Å²) in [5.41, 5.74) is 1.89. The molecular weight excluding hydrogens is 351 g/mol. The normalized spacial score (nSPS) is 11.4. The van der Waals surface area contributed by atoms with Gasteiger partial charge in [0.1, 0.15) is 11.9 Å². The summed E-state index contributed by atoms with van der Waals surface area (Å²) in [7, 11) is 0. The molecule has 0 aliphatic carbocycles. The Morgan fingerprint density at radius 2 is 1.78 bits per heavy atom. The molecule has 0 spiro atoms. The number of aromatic nitrogens is 3. The number of fused-ring (bicyclic) bond motifs is 1. The minimum absolute atomic E-state index is 0.149. The van der Waals surface area contributed by atoms with Gasteiger partial charge in [-0.05, 0) is 29.1 Å². The van der Waals surface area contributed by atoms with E-state index in [9.17, 15) is 4.39 Å². The smallest absolute Gasteiger partial charge is 0.291 e. The van der Waals surface area contributed by atoms with Crippen molar-refractivity contribution in [3.05, 3.63) is 107 Å². The molecule has 0 aliphatic heterocycles. The lowest BCUT2D eigenvalue weighted by Gasteiger charge is -2.20. The average Bonchev–Trinajstić information content (AvgIpc) is 3.18. The third-order valence-corrected chi connectivity index (χ3v) is 3.97. The van der Waals surface area contributed by atoms with Gasteiger partial charge in [0.15, 0.2) is 0 Å². The van der Waals surface area contributed by atoms with Crippen molar-refractivity contribution in [2.24, 2.45) is 0 Å². The fraction of sp³-hybridized carbons (Fsp3) is 0.0526. The summed E-state index contributed by atoms with van der Waals surface area (Å²) < 4.78 is 15.3. The summed E-state index contributed by atoms with van der Waals surface area (Å²) >= 11 is 0. The van der Waals surface area contributed by atoms with Gasteiger partial charge in [-0.2, -0.15) is 0 Å². The van der Waals surface area contributed by atoms with Crippen molar-refractivity contribution < 1.29 is 14.7 Å². The quantitative estimate of drug-likeness (QED) is 0.439. The van der Waals surface area contributed by atoms with E-state index in [1.165, 1.54) is 12.1 Å². The number of nitrogens with zero attached hydrogens (tertiary/aromatic N) is 4. The first-order valence-corrected chi connectivity index (χ1v) is 7.96. The van der Waals surface area contributed by atoms with E-state index in [-0.39, 0.29) is 11.9 Å². The number of pyridine rings is 1. The van der Waals surface area contributed by atoms with Crippen LogP contribution in [-0.4, -0.2) is 24.8 Å². The maximum Gasteiger partial charge on any atom is 0.291 e. The van der Waals surface area contributed by atoms with Crippen LogP contribution in [-0.2, 0) is 0 Å². The molecule has 2 aromatic carbocycles. The molecule has 0 saturated carbocycles. The predicted molar refractivity (Wildman–Crippen MR) is 96.4 cm³/mol. The van der Waals surface area contributed by atoms with E-state index in [0.29, 0.717) is 0 Å². The zero-order valence-electron chi connectivity index (χ0n) is 14.0. The molecule has 8 heteroatoms. The van der Waals surface area contributed by atoms with E-state index < -0.39 is 5.09 Å². The maximum atomic E-state index is 13.3. The summed E-state index contributed by atoms with van der Waals surface area (Å²) in [6.45, 7) is 0. The van der Waals surface area contributed by atoms with Crippen LogP contribution in [0.1, 0.15) is 17.3 Å². The molecule has 4 rings (SSSR count). The second-order valence-electron chi connectivity index (χ2n) is 5.62. The van der Waals surface area contributed by atoms with Crippen molar-refractivity contribution in [1.82, 2.24) is 14.5 Å². The van der Waals surface area contributed by atoms with Gasteiger partial charge in [-0.15, -0.1) is 10.1 Å². The summed E-state index contributed by atoms with van der Waals surface area (Å²) in [5, 5.41) is 15.8. The summed E-state index contributed by atoms with van der Waals surface area (Å²) in [6.07, 6.45) is 7.21. The van der Waals surface area contributed by atoms with Crippen LogP contribution < -0.4 is 0 Å². The Bertz CT molecular complexity index is 1030. The van der Waals surface area contributed by atoms with Crippen molar-refractivity contribution in [3.8, 4) is 0 Å². The van der Waals surface area contributed by atoms with Gasteiger partial charge in [0.25, 0.3) is 5.09 Å². The van der Waals surface area contributed by atoms with Gasteiger partial charge in [0.2, 0.25) is 0 Å². The van der Waals surface area contributed by atoms with Crippen LogP contribution in [0, 0.1) is 15.9 Å². The van der Waals surface area contributed by atoms with Gasteiger partial charge in [-0.25, -0.2) is 9.37 Å². The minimum Gasteiger partial charge on any atom is -0.328 e. The molecule has 0 amide bonds. The molecule has 0 bridgehead atoms. The number of rotatable bonds is 3. The number of hydrogen-bond donors (Lipinski definition) is 1. The number of hydrogen-bond acceptors (Lipinski definition) is 4. The first-order chi connectivity index (χ1) is 13.1. The predicted octanol–water partition coefficient (Wildman–Crippen LogP) is 3.86. The van der Waals surface area contributed by atoms with Gasteiger partial charge in [0, 0.05) is 24.0 Å². The zero-order valence-corrected chi connectivity index (χ0v) is 14.0. The lowest BCUT2D eigenvalue weighted by molar-refractivity contribution is -0.742. The molecule has 27 heavy (non-hydrogen) atoms. The maximum absolute atomic E-state index is 13.3. The molecule has 2 aromatic heterocycles. The Kier molecular flexibility index (Phi) is 5.36.